The first-order valence-electron chi connectivity index (χ1n) is 13.8. The molecule has 0 amide bonds. The van der Waals surface area contributed by atoms with Gasteiger partial charge in [-0.05, 0) is 46.5 Å². The zero-order valence-electron chi connectivity index (χ0n) is 21.9. The highest BCUT2D eigenvalue weighted by Crippen LogP contribution is 2.63. The number of benzene rings is 6. The van der Waals surface area contributed by atoms with Gasteiger partial charge in [-0.1, -0.05) is 125 Å². The van der Waals surface area contributed by atoms with Crippen LogP contribution in [0.3, 0.4) is 0 Å². The summed E-state index contributed by atoms with van der Waals surface area (Å²) in [5.41, 5.74) is 9.98. The number of aromatic nitrogens is 1. The molecule has 9 rings (SSSR count). The largest absolute Gasteiger partial charge is 0.456 e. The van der Waals surface area contributed by atoms with Crippen molar-refractivity contribution in [2.75, 3.05) is 0 Å². The Morgan fingerprint density at radius 3 is 1.93 bits per heavy atom. The Morgan fingerprint density at radius 2 is 1.17 bits per heavy atom. The van der Waals surface area contributed by atoms with E-state index >= 15 is 0 Å². The van der Waals surface area contributed by atoms with Crippen molar-refractivity contribution in [1.29, 1.82) is 0 Å². The quantitative estimate of drug-likeness (QED) is 0.178. The number of para-hydroxylation sites is 2. The molecule has 0 N–H and O–H groups in total. The molecule has 1 aliphatic heterocycles. The zero-order valence-corrected chi connectivity index (χ0v) is 23.5. The van der Waals surface area contributed by atoms with E-state index in [4.69, 9.17) is 9.72 Å². The summed E-state index contributed by atoms with van der Waals surface area (Å²) >= 11 is 3.59. The number of fused-ring (bicyclic) bond motifs is 13. The van der Waals surface area contributed by atoms with Crippen LogP contribution in [-0.4, -0.2) is 4.98 Å². The zero-order chi connectivity index (χ0) is 27.1. The Kier molecular flexibility index (Phi) is 4.71. The van der Waals surface area contributed by atoms with Crippen molar-refractivity contribution in [3.63, 3.8) is 0 Å². The van der Waals surface area contributed by atoms with Crippen molar-refractivity contribution < 1.29 is 4.74 Å². The van der Waals surface area contributed by atoms with Crippen LogP contribution in [0.1, 0.15) is 22.3 Å². The molecule has 2 heterocycles. The van der Waals surface area contributed by atoms with Crippen molar-refractivity contribution in [1.82, 2.24) is 4.98 Å². The Morgan fingerprint density at radius 1 is 0.537 bits per heavy atom. The van der Waals surface area contributed by atoms with Gasteiger partial charge >= 0.3 is 0 Å². The Hall–Kier alpha value is -4.73. The van der Waals surface area contributed by atoms with E-state index in [1.165, 1.54) is 33.4 Å². The molecule has 0 bridgehead atoms. The summed E-state index contributed by atoms with van der Waals surface area (Å²) in [4.78, 5) is 5.19. The molecule has 1 aliphatic carbocycles. The summed E-state index contributed by atoms with van der Waals surface area (Å²) in [5, 5.41) is 3.27. The number of hydrogen-bond acceptors (Lipinski definition) is 2. The van der Waals surface area contributed by atoms with Crippen molar-refractivity contribution >= 4 is 37.6 Å². The van der Waals surface area contributed by atoms with E-state index in [1.54, 1.807) is 0 Å². The second-order valence-corrected chi connectivity index (χ2v) is 11.7. The van der Waals surface area contributed by atoms with Gasteiger partial charge in [0.1, 0.15) is 11.5 Å². The lowest BCUT2D eigenvalue weighted by Gasteiger charge is -2.40. The molecule has 0 unspecified atom stereocenters. The Bertz CT molecular complexity index is 2150. The monoisotopic (exact) mass is 587 g/mol. The van der Waals surface area contributed by atoms with Gasteiger partial charge in [-0.3, -0.25) is 0 Å². The molecule has 192 valence electrons. The first-order valence-corrected chi connectivity index (χ1v) is 14.6. The van der Waals surface area contributed by atoms with Crippen LogP contribution in [-0.2, 0) is 5.41 Å². The second-order valence-electron chi connectivity index (χ2n) is 10.8. The highest BCUT2D eigenvalue weighted by molar-refractivity contribution is 9.10. The predicted octanol–water partition coefficient (Wildman–Crippen LogP) is 10.3. The van der Waals surface area contributed by atoms with Crippen LogP contribution < -0.4 is 4.74 Å². The minimum Gasteiger partial charge on any atom is -0.456 e. The molecule has 1 aromatic heterocycles. The summed E-state index contributed by atoms with van der Waals surface area (Å²) < 4.78 is 8.04. The maximum Gasteiger partial charge on any atom is 0.140 e. The molecule has 0 saturated carbocycles. The van der Waals surface area contributed by atoms with Gasteiger partial charge in [0.2, 0.25) is 0 Å². The van der Waals surface area contributed by atoms with E-state index < -0.39 is 5.41 Å². The fourth-order valence-electron chi connectivity index (χ4n) is 7.18. The molecule has 0 radical (unpaired) electrons. The first kappa shape index (κ1) is 23.0. The van der Waals surface area contributed by atoms with Crippen LogP contribution in [0.5, 0.6) is 11.5 Å². The molecule has 2 aliphatic rings. The summed E-state index contributed by atoms with van der Waals surface area (Å²) in [5.74, 6) is 1.80. The molecule has 0 fully saturated rings. The number of nitrogens with zero attached hydrogens (tertiary/aromatic N) is 1. The molecule has 0 saturated heterocycles. The maximum absolute atomic E-state index is 6.99. The third kappa shape index (κ3) is 2.99. The fourth-order valence-corrected chi connectivity index (χ4v) is 7.44. The van der Waals surface area contributed by atoms with Gasteiger partial charge in [-0.25, -0.2) is 4.98 Å². The summed E-state index contributed by atoms with van der Waals surface area (Å²) in [6.45, 7) is 0. The van der Waals surface area contributed by atoms with Gasteiger partial charge in [0.25, 0.3) is 0 Å². The molecule has 6 aromatic carbocycles. The van der Waals surface area contributed by atoms with Gasteiger partial charge in [0.05, 0.1) is 16.6 Å². The smallest absolute Gasteiger partial charge is 0.140 e. The lowest BCUT2D eigenvalue weighted by atomic mass is 9.65. The molecule has 0 atom stereocenters. The van der Waals surface area contributed by atoms with Crippen LogP contribution in [0.2, 0.25) is 0 Å². The van der Waals surface area contributed by atoms with Crippen molar-refractivity contribution in [2.24, 2.45) is 0 Å². The number of pyridine rings is 1. The van der Waals surface area contributed by atoms with E-state index in [9.17, 15) is 0 Å². The van der Waals surface area contributed by atoms with Crippen molar-refractivity contribution in [3.05, 3.63) is 160 Å². The summed E-state index contributed by atoms with van der Waals surface area (Å²) in [7, 11) is 0. The van der Waals surface area contributed by atoms with E-state index in [0.717, 1.165) is 48.9 Å². The van der Waals surface area contributed by atoms with Gasteiger partial charge in [0, 0.05) is 37.3 Å². The lowest BCUT2D eigenvalue weighted by molar-refractivity contribution is 0.442. The SMILES string of the molecule is Brc1ccc(-c2nc3ccccc3c3c4c(ccc23)C2(c3ccccc3O4)c3ccccc3-c3ccccc32)cc1. The molecule has 41 heavy (non-hydrogen) atoms. The molecular weight excluding hydrogens is 566 g/mol. The van der Waals surface area contributed by atoms with Gasteiger partial charge in [-0.15, -0.1) is 0 Å². The Labute approximate surface area is 246 Å². The summed E-state index contributed by atoms with van der Waals surface area (Å²) in [6.07, 6.45) is 0. The first-order chi connectivity index (χ1) is 20.2. The van der Waals surface area contributed by atoms with Gasteiger partial charge in [-0.2, -0.15) is 0 Å². The number of rotatable bonds is 1. The second kappa shape index (κ2) is 8.39. The van der Waals surface area contributed by atoms with Crippen LogP contribution >= 0.6 is 15.9 Å². The average Bonchev–Trinajstić information content (AvgIpc) is 3.32. The minimum absolute atomic E-state index is 0.492. The van der Waals surface area contributed by atoms with E-state index in [-0.39, 0.29) is 0 Å². The highest BCUT2D eigenvalue weighted by atomic mass is 79.9. The lowest BCUT2D eigenvalue weighted by Crippen LogP contribution is -2.32. The number of halogens is 1. The Balaban J connectivity index is 1.48. The average molecular weight is 589 g/mol. The molecule has 2 nitrogen and oxygen atoms in total. The van der Waals surface area contributed by atoms with Crippen LogP contribution in [0.4, 0.5) is 0 Å². The summed E-state index contributed by atoms with van der Waals surface area (Å²) in [6, 6.07) is 47.6. The molecule has 1 spiro atoms. The van der Waals surface area contributed by atoms with Crippen LogP contribution in [0.25, 0.3) is 44.1 Å². The topological polar surface area (TPSA) is 22.1 Å². The van der Waals surface area contributed by atoms with Crippen LogP contribution in [0, 0.1) is 0 Å². The minimum atomic E-state index is -0.492. The van der Waals surface area contributed by atoms with Gasteiger partial charge in [0.15, 0.2) is 0 Å². The maximum atomic E-state index is 6.99. The van der Waals surface area contributed by atoms with E-state index in [0.29, 0.717) is 0 Å². The normalized spacial score (nSPS) is 13.9. The van der Waals surface area contributed by atoms with E-state index in [2.05, 4.69) is 149 Å². The fraction of sp³-hybridized carbons (Fsp3) is 0.0263. The molecular formula is C38H22BrNO. The molecule has 3 heteroatoms. The van der Waals surface area contributed by atoms with Crippen molar-refractivity contribution in [3.8, 4) is 33.9 Å². The molecule has 7 aromatic rings. The number of hydrogen-bond donors (Lipinski definition) is 0. The van der Waals surface area contributed by atoms with E-state index in [1.807, 2.05) is 0 Å². The predicted molar refractivity (Wildman–Crippen MR) is 170 cm³/mol. The third-order valence-corrected chi connectivity index (χ3v) is 9.32. The van der Waals surface area contributed by atoms with Gasteiger partial charge < -0.3 is 4.74 Å². The third-order valence-electron chi connectivity index (χ3n) is 8.80. The standard InChI is InChI=1S/C38H22BrNO/c39-24-19-17-23(18-20-24)36-28-21-22-32-37(35(28)27-11-3-7-15-33(27)40-36)41-34-16-8-6-14-31(34)38(32)29-12-4-1-9-25(29)26-10-2-5-13-30(26)38/h1-22H. The highest BCUT2D eigenvalue weighted by Gasteiger charge is 2.51. The van der Waals surface area contributed by atoms with Crippen molar-refractivity contribution in [2.45, 2.75) is 5.41 Å². The number of ether oxygens (including phenoxy) is 1. The van der Waals surface area contributed by atoms with Crippen LogP contribution in [0.15, 0.2) is 138 Å².